The molecule has 110 valence electrons. The minimum atomic E-state index is -0.276. The second-order valence-corrected chi connectivity index (χ2v) is 6.46. The molecule has 0 aromatic heterocycles. The van der Waals surface area contributed by atoms with E-state index in [0.29, 0.717) is 31.3 Å². The summed E-state index contributed by atoms with van der Waals surface area (Å²) in [6, 6.07) is 0. The van der Waals surface area contributed by atoms with Gasteiger partial charge >= 0.3 is 0 Å². The van der Waals surface area contributed by atoms with Crippen molar-refractivity contribution in [1.82, 2.24) is 5.32 Å². The van der Waals surface area contributed by atoms with Crippen LogP contribution in [-0.4, -0.2) is 37.9 Å². The normalized spacial score (nSPS) is 29.7. The van der Waals surface area contributed by atoms with Crippen LogP contribution in [0.5, 0.6) is 0 Å². The third-order valence-corrected chi connectivity index (χ3v) is 4.50. The second-order valence-electron chi connectivity index (χ2n) is 6.46. The molecule has 0 bridgehead atoms. The highest BCUT2D eigenvalue weighted by Gasteiger charge is 2.43. The van der Waals surface area contributed by atoms with Gasteiger partial charge in [-0.05, 0) is 31.6 Å². The number of rotatable bonds is 7. The Kier molecular flexibility index (Phi) is 4.85. The van der Waals surface area contributed by atoms with E-state index in [1.807, 2.05) is 20.8 Å². The Morgan fingerprint density at radius 1 is 1.37 bits per heavy atom. The molecule has 1 saturated carbocycles. The first kappa shape index (κ1) is 14.8. The van der Waals surface area contributed by atoms with Crippen molar-refractivity contribution >= 4 is 5.91 Å². The topological polar surface area (TPSA) is 50.9 Å². The molecular formula is C15H27NO3. The molecule has 3 atom stereocenters. The third-order valence-electron chi connectivity index (χ3n) is 4.50. The van der Waals surface area contributed by atoms with Gasteiger partial charge in [-0.1, -0.05) is 20.8 Å². The summed E-state index contributed by atoms with van der Waals surface area (Å²) in [6.45, 7) is 8.00. The Morgan fingerprint density at radius 2 is 2.16 bits per heavy atom. The van der Waals surface area contributed by atoms with Crippen molar-refractivity contribution in [2.75, 3.05) is 19.8 Å². The van der Waals surface area contributed by atoms with E-state index >= 15 is 0 Å². The fourth-order valence-corrected chi connectivity index (χ4v) is 2.52. The van der Waals surface area contributed by atoms with Crippen molar-refractivity contribution in [1.29, 1.82) is 0 Å². The van der Waals surface area contributed by atoms with Gasteiger partial charge in [0.15, 0.2) is 0 Å². The van der Waals surface area contributed by atoms with Crippen molar-refractivity contribution in [3.05, 3.63) is 0 Å². The zero-order chi connectivity index (χ0) is 13.9. The molecule has 0 radical (unpaired) electrons. The third kappa shape index (κ3) is 4.18. The summed E-state index contributed by atoms with van der Waals surface area (Å²) in [4.78, 5) is 11.8. The summed E-state index contributed by atoms with van der Waals surface area (Å²) in [7, 11) is 0. The maximum atomic E-state index is 11.8. The van der Waals surface area contributed by atoms with Crippen LogP contribution in [-0.2, 0) is 14.3 Å². The van der Waals surface area contributed by atoms with Crippen LogP contribution in [0.1, 0.15) is 46.5 Å². The van der Waals surface area contributed by atoms with Gasteiger partial charge in [-0.2, -0.15) is 0 Å². The Balaban J connectivity index is 1.51. The summed E-state index contributed by atoms with van der Waals surface area (Å²) < 4.78 is 11.2. The van der Waals surface area contributed by atoms with Crippen LogP contribution in [0.25, 0.3) is 0 Å². The Labute approximate surface area is 116 Å². The molecule has 2 fully saturated rings. The fraction of sp³-hybridized carbons (Fsp3) is 0.933. The average molecular weight is 269 g/mol. The van der Waals surface area contributed by atoms with E-state index in [1.54, 1.807) is 0 Å². The van der Waals surface area contributed by atoms with Crippen LogP contribution in [0.15, 0.2) is 0 Å². The van der Waals surface area contributed by atoms with Crippen molar-refractivity contribution in [3.63, 3.8) is 0 Å². The van der Waals surface area contributed by atoms with E-state index in [4.69, 9.17) is 9.47 Å². The fourth-order valence-electron chi connectivity index (χ4n) is 2.52. The molecule has 2 aliphatic rings. The number of carbonyl (C=O) groups is 1. The molecule has 1 heterocycles. The minimum Gasteiger partial charge on any atom is -0.379 e. The van der Waals surface area contributed by atoms with E-state index in [1.165, 1.54) is 12.8 Å². The van der Waals surface area contributed by atoms with E-state index in [2.05, 4.69) is 5.32 Å². The van der Waals surface area contributed by atoms with Gasteiger partial charge in [0.05, 0.1) is 18.8 Å². The van der Waals surface area contributed by atoms with Gasteiger partial charge in [0.2, 0.25) is 5.91 Å². The predicted molar refractivity (Wildman–Crippen MR) is 73.9 cm³/mol. The lowest BCUT2D eigenvalue weighted by Gasteiger charge is -2.22. The molecule has 1 N–H and O–H groups in total. The van der Waals surface area contributed by atoms with Gasteiger partial charge in [-0.3, -0.25) is 4.79 Å². The van der Waals surface area contributed by atoms with Crippen molar-refractivity contribution in [3.8, 4) is 0 Å². The first-order valence-electron chi connectivity index (χ1n) is 7.54. The van der Waals surface area contributed by atoms with Crippen LogP contribution in [0, 0.1) is 11.3 Å². The van der Waals surface area contributed by atoms with E-state index < -0.39 is 0 Å². The SMILES string of the molecule is CCC(C)(C)C(=O)NCCOCC1CCC2OC2C1. The highest BCUT2D eigenvalue weighted by Crippen LogP contribution is 2.39. The molecule has 1 aliphatic carbocycles. The smallest absolute Gasteiger partial charge is 0.225 e. The van der Waals surface area contributed by atoms with Crippen molar-refractivity contribution < 1.29 is 14.3 Å². The highest BCUT2D eigenvalue weighted by molar-refractivity contribution is 5.81. The van der Waals surface area contributed by atoms with Gasteiger partial charge in [0.25, 0.3) is 0 Å². The van der Waals surface area contributed by atoms with Crippen molar-refractivity contribution in [2.45, 2.75) is 58.7 Å². The molecule has 1 amide bonds. The maximum absolute atomic E-state index is 11.8. The largest absolute Gasteiger partial charge is 0.379 e. The summed E-state index contributed by atoms with van der Waals surface area (Å²) in [6.07, 6.45) is 5.50. The molecule has 0 aromatic carbocycles. The lowest BCUT2D eigenvalue weighted by molar-refractivity contribution is -0.129. The lowest BCUT2D eigenvalue weighted by Crippen LogP contribution is -2.38. The summed E-state index contributed by atoms with van der Waals surface area (Å²) in [5.74, 6) is 0.761. The lowest BCUT2D eigenvalue weighted by atomic mass is 9.89. The Bertz CT molecular complexity index is 317. The zero-order valence-electron chi connectivity index (χ0n) is 12.4. The summed E-state index contributed by atoms with van der Waals surface area (Å²) in [5, 5.41) is 2.94. The number of fused-ring (bicyclic) bond motifs is 1. The van der Waals surface area contributed by atoms with Gasteiger partial charge < -0.3 is 14.8 Å². The average Bonchev–Trinajstić information content (AvgIpc) is 3.16. The van der Waals surface area contributed by atoms with Crippen LogP contribution in [0.3, 0.4) is 0 Å². The van der Waals surface area contributed by atoms with Gasteiger partial charge in [0.1, 0.15) is 0 Å². The quantitative estimate of drug-likeness (QED) is 0.569. The van der Waals surface area contributed by atoms with E-state index in [0.717, 1.165) is 19.4 Å². The number of amides is 1. The second kappa shape index (κ2) is 6.23. The molecule has 0 spiro atoms. The minimum absolute atomic E-state index is 0.116. The van der Waals surface area contributed by atoms with E-state index in [-0.39, 0.29) is 11.3 Å². The molecule has 4 heteroatoms. The molecule has 19 heavy (non-hydrogen) atoms. The van der Waals surface area contributed by atoms with Gasteiger partial charge in [-0.25, -0.2) is 0 Å². The first-order chi connectivity index (χ1) is 9.03. The number of ether oxygens (including phenoxy) is 2. The van der Waals surface area contributed by atoms with Crippen LogP contribution in [0.4, 0.5) is 0 Å². The number of carbonyl (C=O) groups excluding carboxylic acids is 1. The number of hydrogen-bond donors (Lipinski definition) is 1. The first-order valence-corrected chi connectivity index (χ1v) is 7.54. The van der Waals surface area contributed by atoms with Gasteiger partial charge in [0, 0.05) is 18.6 Å². The zero-order valence-corrected chi connectivity index (χ0v) is 12.4. The van der Waals surface area contributed by atoms with Crippen LogP contribution >= 0.6 is 0 Å². The van der Waals surface area contributed by atoms with Gasteiger partial charge in [-0.15, -0.1) is 0 Å². The van der Waals surface area contributed by atoms with Crippen molar-refractivity contribution in [2.24, 2.45) is 11.3 Å². The molecule has 1 aliphatic heterocycles. The number of nitrogens with one attached hydrogen (secondary N) is 1. The molecular weight excluding hydrogens is 242 g/mol. The predicted octanol–water partition coefficient (Wildman–Crippen LogP) is 2.12. The standard InChI is InChI=1S/C15H27NO3/c1-4-15(2,3)14(17)16-7-8-18-10-11-5-6-12-13(9-11)19-12/h11-13H,4-10H2,1-3H3,(H,16,17). The number of hydrogen-bond acceptors (Lipinski definition) is 3. The molecule has 3 unspecified atom stereocenters. The number of epoxide rings is 1. The molecule has 0 aromatic rings. The molecule has 2 rings (SSSR count). The maximum Gasteiger partial charge on any atom is 0.225 e. The van der Waals surface area contributed by atoms with Crippen LogP contribution < -0.4 is 5.32 Å². The summed E-state index contributed by atoms with van der Waals surface area (Å²) >= 11 is 0. The molecule has 4 nitrogen and oxygen atoms in total. The Morgan fingerprint density at radius 3 is 2.84 bits per heavy atom. The molecule has 1 saturated heterocycles. The summed E-state index contributed by atoms with van der Waals surface area (Å²) in [5.41, 5.74) is -0.276. The van der Waals surface area contributed by atoms with Crippen LogP contribution in [0.2, 0.25) is 0 Å². The highest BCUT2D eigenvalue weighted by atomic mass is 16.6. The monoisotopic (exact) mass is 269 g/mol. The Hall–Kier alpha value is -0.610. The van der Waals surface area contributed by atoms with E-state index in [9.17, 15) is 4.79 Å².